The highest BCUT2D eigenvalue weighted by Gasteiger charge is 2.24. The van der Waals surface area contributed by atoms with Gasteiger partial charge < -0.3 is 4.90 Å². The fourth-order valence-electron chi connectivity index (χ4n) is 2.76. The van der Waals surface area contributed by atoms with Gasteiger partial charge in [-0.05, 0) is 37.7 Å². The van der Waals surface area contributed by atoms with E-state index in [0.717, 1.165) is 25.9 Å². The molecule has 1 aliphatic rings. The van der Waals surface area contributed by atoms with Gasteiger partial charge in [-0.15, -0.1) is 11.8 Å². The predicted molar refractivity (Wildman–Crippen MR) is 99.8 cm³/mol. The molecule has 1 aromatic carbocycles. The number of piperidine rings is 1. The third-order valence-electron chi connectivity index (χ3n) is 4.17. The van der Waals surface area contributed by atoms with Crippen molar-refractivity contribution < 1.29 is 4.79 Å². The van der Waals surface area contributed by atoms with E-state index in [-0.39, 0.29) is 5.91 Å². The number of likely N-dealkylation sites (tertiary alicyclic amines) is 1. The molecule has 0 bridgehead atoms. The summed E-state index contributed by atoms with van der Waals surface area (Å²) in [6, 6.07) is 8.50. The number of hydrogen-bond acceptors (Lipinski definition) is 5. The van der Waals surface area contributed by atoms with E-state index in [1.165, 1.54) is 22.2 Å². The molecule has 1 aromatic heterocycles. The van der Waals surface area contributed by atoms with Crippen LogP contribution in [0, 0.1) is 6.92 Å². The smallest absolute Gasteiger partial charge is 0.256 e. The number of hydrogen-bond donors (Lipinski definition) is 0. The lowest BCUT2D eigenvalue weighted by atomic mass is 10.1. The normalized spacial score (nSPS) is 15.5. The van der Waals surface area contributed by atoms with E-state index in [1.807, 2.05) is 22.9 Å². The molecule has 0 saturated carbocycles. The lowest BCUT2D eigenvalue weighted by Crippen LogP contribution is -2.39. The molecule has 0 atom stereocenters. The topological polar surface area (TPSA) is 46.1 Å². The first-order valence-electron chi connectivity index (χ1n) is 8.05. The molecule has 1 amide bonds. The molecule has 2 aromatic rings. The Morgan fingerprint density at radius 3 is 2.46 bits per heavy atom. The van der Waals surface area contributed by atoms with Gasteiger partial charge in [-0.2, -0.15) is 0 Å². The van der Waals surface area contributed by atoms with Crippen LogP contribution in [0.15, 0.2) is 46.7 Å². The standard InChI is InChI=1S/C18H21N3OS2/c1-13-5-3-4-6-16(13)24-15-7-9-21(10-8-15)17(22)14-11-19-18(23-2)20-12-14/h3-6,11-12,15H,7-10H2,1-2H3. The van der Waals surface area contributed by atoms with Gasteiger partial charge >= 0.3 is 0 Å². The average Bonchev–Trinajstić information content (AvgIpc) is 2.64. The summed E-state index contributed by atoms with van der Waals surface area (Å²) in [6.07, 6.45) is 7.24. The van der Waals surface area contributed by atoms with Crippen molar-refractivity contribution in [1.82, 2.24) is 14.9 Å². The van der Waals surface area contributed by atoms with Gasteiger partial charge in [0.2, 0.25) is 0 Å². The van der Waals surface area contributed by atoms with Gasteiger partial charge in [-0.25, -0.2) is 9.97 Å². The molecule has 2 heterocycles. The molecule has 1 aliphatic heterocycles. The largest absolute Gasteiger partial charge is 0.338 e. The fourth-order valence-corrected chi connectivity index (χ4v) is 4.29. The zero-order chi connectivity index (χ0) is 16.9. The number of carbonyl (C=O) groups is 1. The number of benzene rings is 1. The van der Waals surface area contributed by atoms with Crippen LogP contribution in [-0.4, -0.2) is 45.4 Å². The van der Waals surface area contributed by atoms with Crippen molar-refractivity contribution in [3.8, 4) is 0 Å². The number of amides is 1. The van der Waals surface area contributed by atoms with Crippen molar-refractivity contribution >= 4 is 29.4 Å². The van der Waals surface area contributed by atoms with E-state index in [0.29, 0.717) is 16.0 Å². The monoisotopic (exact) mass is 359 g/mol. The Kier molecular flexibility index (Phi) is 5.79. The minimum atomic E-state index is 0.0435. The van der Waals surface area contributed by atoms with Crippen molar-refractivity contribution in [2.24, 2.45) is 0 Å². The van der Waals surface area contributed by atoms with Crippen LogP contribution in [0.4, 0.5) is 0 Å². The summed E-state index contributed by atoms with van der Waals surface area (Å²) in [7, 11) is 0. The summed E-state index contributed by atoms with van der Waals surface area (Å²) in [6.45, 7) is 3.75. The zero-order valence-electron chi connectivity index (χ0n) is 13.9. The molecule has 1 saturated heterocycles. The summed E-state index contributed by atoms with van der Waals surface area (Å²) in [5.74, 6) is 0.0435. The summed E-state index contributed by atoms with van der Waals surface area (Å²) < 4.78 is 0. The number of aromatic nitrogens is 2. The Morgan fingerprint density at radius 1 is 1.17 bits per heavy atom. The maximum Gasteiger partial charge on any atom is 0.256 e. The van der Waals surface area contributed by atoms with Crippen LogP contribution in [0.3, 0.4) is 0 Å². The maximum atomic E-state index is 12.6. The number of aryl methyl sites for hydroxylation is 1. The second-order valence-corrected chi connectivity index (χ2v) is 7.95. The van der Waals surface area contributed by atoms with Crippen LogP contribution in [-0.2, 0) is 0 Å². The second-order valence-electron chi connectivity index (χ2n) is 5.83. The van der Waals surface area contributed by atoms with E-state index in [1.54, 1.807) is 12.4 Å². The summed E-state index contributed by atoms with van der Waals surface area (Å²) in [4.78, 5) is 24.2. The SMILES string of the molecule is CSc1ncc(C(=O)N2CCC(Sc3ccccc3C)CC2)cn1. The highest BCUT2D eigenvalue weighted by Crippen LogP contribution is 2.32. The van der Waals surface area contributed by atoms with E-state index in [9.17, 15) is 4.79 Å². The summed E-state index contributed by atoms with van der Waals surface area (Å²) >= 11 is 3.42. The molecule has 0 N–H and O–H groups in total. The Balaban J connectivity index is 1.56. The Hall–Kier alpha value is -1.53. The molecule has 126 valence electrons. The minimum Gasteiger partial charge on any atom is -0.338 e. The third-order valence-corrected chi connectivity index (χ3v) is 6.27. The molecule has 1 fully saturated rings. The van der Waals surface area contributed by atoms with Gasteiger partial charge in [0.1, 0.15) is 0 Å². The Bertz CT molecular complexity index is 698. The molecule has 0 spiro atoms. The number of thioether (sulfide) groups is 2. The highest BCUT2D eigenvalue weighted by atomic mass is 32.2. The summed E-state index contributed by atoms with van der Waals surface area (Å²) in [5.41, 5.74) is 1.91. The van der Waals surface area contributed by atoms with Gasteiger partial charge in [-0.3, -0.25) is 4.79 Å². The molecule has 3 rings (SSSR count). The molecule has 0 radical (unpaired) electrons. The molecular formula is C18H21N3OS2. The van der Waals surface area contributed by atoms with Gasteiger partial charge in [0.15, 0.2) is 5.16 Å². The van der Waals surface area contributed by atoms with Crippen molar-refractivity contribution in [3.63, 3.8) is 0 Å². The van der Waals surface area contributed by atoms with Crippen molar-refractivity contribution in [2.75, 3.05) is 19.3 Å². The number of nitrogens with zero attached hydrogens (tertiary/aromatic N) is 3. The molecular weight excluding hydrogens is 338 g/mol. The van der Waals surface area contributed by atoms with Crippen LogP contribution >= 0.6 is 23.5 Å². The van der Waals surface area contributed by atoms with Crippen LogP contribution in [0.2, 0.25) is 0 Å². The Morgan fingerprint density at radius 2 is 1.83 bits per heavy atom. The average molecular weight is 360 g/mol. The van der Waals surface area contributed by atoms with Crippen LogP contribution in [0.5, 0.6) is 0 Å². The first-order chi connectivity index (χ1) is 11.7. The van der Waals surface area contributed by atoms with Gasteiger partial charge in [-0.1, -0.05) is 30.0 Å². The molecule has 0 aliphatic carbocycles. The number of rotatable bonds is 4. The molecule has 6 heteroatoms. The highest BCUT2D eigenvalue weighted by molar-refractivity contribution is 8.00. The van der Waals surface area contributed by atoms with Crippen molar-refractivity contribution in [2.45, 2.75) is 35.1 Å². The van der Waals surface area contributed by atoms with Crippen LogP contribution in [0.25, 0.3) is 0 Å². The van der Waals surface area contributed by atoms with Crippen LogP contribution < -0.4 is 0 Å². The van der Waals surface area contributed by atoms with E-state index < -0.39 is 0 Å². The fraction of sp³-hybridized carbons (Fsp3) is 0.389. The minimum absolute atomic E-state index is 0.0435. The molecule has 0 unspecified atom stereocenters. The van der Waals surface area contributed by atoms with Gasteiger partial charge in [0.05, 0.1) is 5.56 Å². The molecule has 4 nitrogen and oxygen atoms in total. The first-order valence-corrected chi connectivity index (χ1v) is 10.2. The lowest BCUT2D eigenvalue weighted by Gasteiger charge is -2.31. The van der Waals surface area contributed by atoms with E-state index in [4.69, 9.17) is 0 Å². The third kappa shape index (κ3) is 4.11. The predicted octanol–water partition coefficient (Wildman–Crippen LogP) is 3.90. The summed E-state index contributed by atoms with van der Waals surface area (Å²) in [5, 5.41) is 1.27. The van der Waals surface area contributed by atoms with Crippen LogP contribution in [0.1, 0.15) is 28.8 Å². The lowest BCUT2D eigenvalue weighted by molar-refractivity contribution is 0.0726. The second kappa shape index (κ2) is 8.03. The van der Waals surface area contributed by atoms with Crippen molar-refractivity contribution in [3.05, 3.63) is 47.8 Å². The van der Waals surface area contributed by atoms with Gasteiger partial charge in [0, 0.05) is 35.6 Å². The quantitative estimate of drug-likeness (QED) is 0.612. The van der Waals surface area contributed by atoms with E-state index in [2.05, 4.69) is 41.2 Å². The Labute approximate surface area is 151 Å². The van der Waals surface area contributed by atoms with Gasteiger partial charge in [0.25, 0.3) is 5.91 Å². The first kappa shape index (κ1) is 17.3. The van der Waals surface area contributed by atoms with Crippen molar-refractivity contribution in [1.29, 1.82) is 0 Å². The maximum absolute atomic E-state index is 12.6. The zero-order valence-corrected chi connectivity index (χ0v) is 15.6. The van der Waals surface area contributed by atoms with E-state index >= 15 is 0 Å². The number of carbonyl (C=O) groups excluding carboxylic acids is 1. The molecule has 24 heavy (non-hydrogen) atoms.